The molecule has 1 aromatic heterocycles. The van der Waals surface area contributed by atoms with E-state index >= 15 is 0 Å². The number of para-hydroxylation sites is 1. The molecule has 23 heavy (non-hydrogen) atoms. The molecule has 0 aliphatic rings. The maximum absolute atomic E-state index is 6.05. The quantitative estimate of drug-likeness (QED) is 0.720. The molecule has 0 amide bonds. The van der Waals surface area contributed by atoms with Crippen LogP contribution in [0.2, 0.25) is 10.0 Å². The first-order valence-electron chi connectivity index (χ1n) is 7.26. The predicted molar refractivity (Wildman–Crippen MR) is 93.3 cm³/mol. The second-order valence-corrected chi connectivity index (χ2v) is 5.91. The average Bonchev–Trinajstić information content (AvgIpc) is 2.95. The minimum Gasteiger partial charge on any atom is -0.355 e. The average molecular weight is 348 g/mol. The molecule has 1 N–H and O–H groups in total. The summed E-state index contributed by atoms with van der Waals surface area (Å²) in [6.07, 6.45) is 0.955. The number of aryl methyl sites for hydroxylation is 1. The zero-order valence-corrected chi connectivity index (χ0v) is 14.0. The third kappa shape index (κ3) is 3.81. The Balaban J connectivity index is 1.93. The van der Waals surface area contributed by atoms with Crippen molar-refractivity contribution < 1.29 is 0 Å². The monoisotopic (exact) mass is 347 g/mol. The van der Waals surface area contributed by atoms with Crippen LogP contribution in [0.4, 0.5) is 11.4 Å². The molecule has 0 saturated carbocycles. The molecule has 5 nitrogen and oxygen atoms in total. The van der Waals surface area contributed by atoms with E-state index in [2.05, 4.69) is 27.7 Å². The van der Waals surface area contributed by atoms with E-state index in [-0.39, 0.29) is 0 Å². The molecule has 0 atom stereocenters. The van der Waals surface area contributed by atoms with E-state index in [0.29, 0.717) is 15.9 Å². The number of benzene rings is 2. The number of hydrogen-bond acceptors (Lipinski definition) is 4. The SMILES string of the molecule is CCCn1nnc(-c2ccccc2Nc2cc(Cl)cc(Cl)c2)n1. The van der Waals surface area contributed by atoms with Crippen LogP contribution in [0.25, 0.3) is 11.4 Å². The highest BCUT2D eigenvalue weighted by Gasteiger charge is 2.11. The van der Waals surface area contributed by atoms with Crippen LogP contribution in [-0.4, -0.2) is 20.2 Å². The molecule has 3 rings (SSSR count). The topological polar surface area (TPSA) is 55.6 Å². The van der Waals surface area contributed by atoms with E-state index in [1.165, 1.54) is 0 Å². The number of hydrogen-bond donors (Lipinski definition) is 1. The van der Waals surface area contributed by atoms with Gasteiger partial charge in [-0.3, -0.25) is 0 Å². The lowest BCUT2D eigenvalue weighted by Gasteiger charge is -2.10. The van der Waals surface area contributed by atoms with Gasteiger partial charge in [-0.25, -0.2) is 0 Å². The molecule has 0 saturated heterocycles. The first-order valence-corrected chi connectivity index (χ1v) is 8.01. The van der Waals surface area contributed by atoms with E-state index in [1.807, 2.05) is 36.4 Å². The minimum atomic E-state index is 0.574. The molecule has 7 heteroatoms. The summed E-state index contributed by atoms with van der Waals surface area (Å²) in [6.45, 7) is 2.81. The van der Waals surface area contributed by atoms with Crippen molar-refractivity contribution in [3.8, 4) is 11.4 Å². The van der Waals surface area contributed by atoms with Gasteiger partial charge in [0.15, 0.2) is 0 Å². The maximum Gasteiger partial charge on any atom is 0.207 e. The van der Waals surface area contributed by atoms with Crippen LogP contribution in [0.15, 0.2) is 42.5 Å². The fourth-order valence-corrected chi connectivity index (χ4v) is 2.74. The van der Waals surface area contributed by atoms with Gasteiger partial charge < -0.3 is 5.32 Å². The maximum atomic E-state index is 6.05. The predicted octanol–water partition coefficient (Wildman–Crippen LogP) is 4.80. The van der Waals surface area contributed by atoms with Crippen LogP contribution in [0.5, 0.6) is 0 Å². The van der Waals surface area contributed by atoms with Crippen molar-refractivity contribution in [1.82, 2.24) is 20.2 Å². The summed E-state index contributed by atoms with van der Waals surface area (Å²) < 4.78 is 0. The van der Waals surface area contributed by atoms with E-state index in [4.69, 9.17) is 23.2 Å². The molecule has 0 radical (unpaired) electrons. The lowest BCUT2D eigenvalue weighted by Crippen LogP contribution is -2.01. The van der Waals surface area contributed by atoms with Crippen molar-refractivity contribution in [1.29, 1.82) is 0 Å². The summed E-state index contributed by atoms with van der Waals surface area (Å²) in [5.41, 5.74) is 2.53. The number of nitrogens with one attached hydrogen (secondary N) is 1. The Bertz CT molecular complexity index is 795. The fraction of sp³-hybridized carbons (Fsp3) is 0.188. The van der Waals surface area contributed by atoms with Crippen LogP contribution in [0, 0.1) is 0 Å². The molecule has 0 aliphatic carbocycles. The first kappa shape index (κ1) is 15.8. The minimum absolute atomic E-state index is 0.574. The smallest absolute Gasteiger partial charge is 0.207 e. The highest BCUT2D eigenvalue weighted by molar-refractivity contribution is 6.35. The van der Waals surface area contributed by atoms with Crippen LogP contribution in [0.3, 0.4) is 0 Å². The second-order valence-electron chi connectivity index (χ2n) is 5.04. The van der Waals surface area contributed by atoms with Crippen molar-refractivity contribution in [2.75, 3.05) is 5.32 Å². The molecule has 3 aromatic rings. The molecular formula is C16H15Cl2N5. The number of anilines is 2. The van der Waals surface area contributed by atoms with Crippen molar-refractivity contribution in [2.45, 2.75) is 19.9 Å². The summed E-state index contributed by atoms with van der Waals surface area (Å²) in [5, 5.41) is 17.1. The van der Waals surface area contributed by atoms with Crippen molar-refractivity contribution in [3.05, 3.63) is 52.5 Å². The van der Waals surface area contributed by atoms with Crippen LogP contribution < -0.4 is 5.32 Å². The molecule has 0 fully saturated rings. The third-order valence-electron chi connectivity index (χ3n) is 3.19. The van der Waals surface area contributed by atoms with Gasteiger partial charge in [0.25, 0.3) is 0 Å². The van der Waals surface area contributed by atoms with E-state index in [0.717, 1.165) is 29.9 Å². The molecule has 1 heterocycles. The Morgan fingerprint density at radius 1 is 1.09 bits per heavy atom. The summed E-state index contributed by atoms with van der Waals surface area (Å²) in [7, 11) is 0. The van der Waals surface area contributed by atoms with Gasteiger partial charge in [0, 0.05) is 27.0 Å². The molecule has 2 aromatic carbocycles. The van der Waals surface area contributed by atoms with Gasteiger partial charge in [0.1, 0.15) is 0 Å². The summed E-state index contributed by atoms with van der Waals surface area (Å²) in [4.78, 5) is 1.60. The lowest BCUT2D eigenvalue weighted by atomic mass is 10.1. The van der Waals surface area contributed by atoms with Crippen molar-refractivity contribution in [2.24, 2.45) is 0 Å². The fourth-order valence-electron chi connectivity index (χ4n) is 2.21. The molecule has 0 bridgehead atoms. The van der Waals surface area contributed by atoms with Crippen molar-refractivity contribution >= 4 is 34.6 Å². The largest absolute Gasteiger partial charge is 0.355 e. The Kier molecular flexibility index (Phi) is 4.79. The van der Waals surface area contributed by atoms with Crippen LogP contribution in [0.1, 0.15) is 13.3 Å². The first-order chi connectivity index (χ1) is 11.2. The van der Waals surface area contributed by atoms with E-state index < -0.39 is 0 Å². The van der Waals surface area contributed by atoms with Gasteiger partial charge in [0.05, 0.1) is 6.54 Å². The van der Waals surface area contributed by atoms with Crippen molar-refractivity contribution in [3.63, 3.8) is 0 Å². The summed E-state index contributed by atoms with van der Waals surface area (Å²) in [6, 6.07) is 13.1. The Morgan fingerprint density at radius 3 is 2.57 bits per heavy atom. The van der Waals surface area contributed by atoms with Crippen LogP contribution >= 0.6 is 23.2 Å². The van der Waals surface area contributed by atoms with Gasteiger partial charge in [0.2, 0.25) is 5.82 Å². The van der Waals surface area contributed by atoms with Gasteiger partial charge in [-0.15, -0.1) is 10.2 Å². The highest BCUT2D eigenvalue weighted by atomic mass is 35.5. The number of tetrazole rings is 1. The molecule has 118 valence electrons. The highest BCUT2D eigenvalue weighted by Crippen LogP contribution is 2.30. The second kappa shape index (κ2) is 6.98. The Morgan fingerprint density at radius 2 is 1.83 bits per heavy atom. The van der Waals surface area contributed by atoms with Gasteiger partial charge in [-0.1, -0.05) is 42.3 Å². The zero-order chi connectivity index (χ0) is 16.2. The standard InChI is InChI=1S/C16H15Cl2N5/c1-2-7-23-21-16(20-22-23)14-5-3-4-6-15(14)19-13-9-11(17)8-12(18)10-13/h3-6,8-10,19H,2,7H2,1H3. The molecular weight excluding hydrogens is 333 g/mol. The Hall–Kier alpha value is -2.11. The molecule has 0 unspecified atom stereocenters. The summed E-state index contributed by atoms with van der Waals surface area (Å²) >= 11 is 12.1. The van der Waals surface area contributed by atoms with Gasteiger partial charge >= 0.3 is 0 Å². The number of nitrogens with zero attached hydrogens (tertiary/aromatic N) is 4. The zero-order valence-electron chi connectivity index (χ0n) is 12.5. The van der Waals surface area contributed by atoms with E-state index in [9.17, 15) is 0 Å². The third-order valence-corrected chi connectivity index (χ3v) is 3.62. The van der Waals surface area contributed by atoms with Gasteiger partial charge in [-0.05, 0) is 42.0 Å². The number of aromatic nitrogens is 4. The Labute approximate surface area is 144 Å². The van der Waals surface area contributed by atoms with Gasteiger partial charge in [-0.2, -0.15) is 4.80 Å². The lowest BCUT2D eigenvalue weighted by molar-refractivity contribution is 0.515. The summed E-state index contributed by atoms with van der Waals surface area (Å²) in [5.74, 6) is 0.578. The normalized spacial score (nSPS) is 10.7. The van der Waals surface area contributed by atoms with E-state index in [1.54, 1.807) is 10.9 Å². The number of halogens is 2. The molecule has 0 aliphatic heterocycles. The number of rotatable bonds is 5. The van der Waals surface area contributed by atoms with Crippen LogP contribution in [-0.2, 0) is 6.54 Å². The molecule has 0 spiro atoms.